The quantitative estimate of drug-likeness (QED) is 0.723. The molecule has 0 radical (unpaired) electrons. The number of allylic oxidation sites excluding steroid dienone is 3. The van der Waals surface area contributed by atoms with Gasteiger partial charge in [0.05, 0.1) is 6.04 Å². The predicted octanol–water partition coefficient (Wildman–Crippen LogP) is 4.28. The molecule has 0 fully saturated rings. The van der Waals surface area contributed by atoms with Gasteiger partial charge in [0.1, 0.15) is 18.8 Å². The predicted molar refractivity (Wildman–Crippen MR) is 88.7 cm³/mol. The van der Waals surface area contributed by atoms with Crippen LogP contribution in [0.25, 0.3) is 0 Å². The third-order valence-electron chi connectivity index (χ3n) is 4.39. The summed E-state index contributed by atoms with van der Waals surface area (Å²) in [7, 11) is 0. The van der Waals surface area contributed by atoms with E-state index in [1.807, 2.05) is 0 Å². The summed E-state index contributed by atoms with van der Waals surface area (Å²) < 4.78 is 11.1. The molecule has 118 valence electrons. The second-order valence-corrected chi connectivity index (χ2v) is 6.48. The standard InChI is InChI=1S/C19H25NO2/c1-15-10-16(2)13-20(12-15)18(19-14-21-8-9-22-19)11-17-6-4-3-5-7-17/h3-4,6,8-10,14-15,18H,5,7,11-13H2,1-2H3. The van der Waals surface area contributed by atoms with Gasteiger partial charge in [-0.25, -0.2) is 0 Å². The van der Waals surface area contributed by atoms with Crippen molar-refractivity contribution in [2.45, 2.75) is 39.2 Å². The highest BCUT2D eigenvalue weighted by Crippen LogP contribution is 2.29. The lowest BCUT2D eigenvalue weighted by molar-refractivity contribution is 0.137. The lowest BCUT2D eigenvalue weighted by atomic mass is 9.93. The molecular formula is C19H25NO2. The van der Waals surface area contributed by atoms with E-state index in [4.69, 9.17) is 9.47 Å². The van der Waals surface area contributed by atoms with E-state index in [-0.39, 0.29) is 6.04 Å². The SMILES string of the molecule is CC1=CC(C)CN(C(CC2=CC=CCC2)C2=COC=CO2)C1. The first kappa shape index (κ1) is 15.2. The zero-order chi connectivity index (χ0) is 15.4. The van der Waals surface area contributed by atoms with Crippen molar-refractivity contribution in [3.05, 3.63) is 60.0 Å². The Hall–Kier alpha value is -1.74. The lowest BCUT2D eigenvalue weighted by Crippen LogP contribution is -2.43. The molecule has 0 saturated carbocycles. The number of hydrogen-bond donors (Lipinski definition) is 0. The average molecular weight is 299 g/mol. The fourth-order valence-corrected chi connectivity index (χ4v) is 3.49. The molecule has 0 spiro atoms. The molecule has 0 bridgehead atoms. The second-order valence-electron chi connectivity index (χ2n) is 6.48. The molecule has 3 aliphatic rings. The average Bonchev–Trinajstić information content (AvgIpc) is 2.53. The molecule has 2 heterocycles. The Labute approximate surface area is 133 Å². The Morgan fingerprint density at radius 3 is 2.95 bits per heavy atom. The third kappa shape index (κ3) is 3.72. The van der Waals surface area contributed by atoms with Crippen molar-refractivity contribution >= 4 is 0 Å². The first-order valence-corrected chi connectivity index (χ1v) is 8.15. The van der Waals surface area contributed by atoms with Crippen molar-refractivity contribution in [2.24, 2.45) is 5.92 Å². The van der Waals surface area contributed by atoms with E-state index in [0.717, 1.165) is 38.1 Å². The molecular weight excluding hydrogens is 274 g/mol. The topological polar surface area (TPSA) is 21.7 Å². The van der Waals surface area contributed by atoms with E-state index in [2.05, 4.69) is 43.1 Å². The summed E-state index contributed by atoms with van der Waals surface area (Å²) in [6.07, 6.45) is 17.3. The van der Waals surface area contributed by atoms with Crippen molar-refractivity contribution in [3.8, 4) is 0 Å². The molecule has 0 aromatic carbocycles. The van der Waals surface area contributed by atoms with Crippen LogP contribution in [-0.2, 0) is 9.47 Å². The Balaban J connectivity index is 1.79. The van der Waals surface area contributed by atoms with Gasteiger partial charge in [-0.05, 0) is 32.1 Å². The molecule has 0 amide bonds. The van der Waals surface area contributed by atoms with E-state index < -0.39 is 0 Å². The van der Waals surface area contributed by atoms with Crippen LogP contribution in [0.1, 0.15) is 33.1 Å². The monoisotopic (exact) mass is 299 g/mol. The number of ether oxygens (including phenoxy) is 2. The summed E-state index contributed by atoms with van der Waals surface area (Å²) in [4.78, 5) is 2.52. The number of hydrogen-bond acceptors (Lipinski definition) is 3. The van der Waals surface area contributed by atoms with Crippen molar-refractivity contribution in [2.75, 3.05) is 13.1 Å². The molecule has 0 N–H and O–H groups in total. The van der Waals surface area contributed by atoms with Crippen LogP contribution in [0, 0.1) is 5.92 Å². The van der Waals surface area contributed by atoms with Gasteiger partial charge in [0.15, 0.2) is 5.76 Å². The van der Waals surface area contributed by atoms with Gasteiger partial charge < -0.3 is 9.47 Å². The first-order chi connectivity index (χ1) is 10.7. The molecule has 0 aromatic heterocycles. The number of nitrogens with zero attached hydrogens (tertiary/aromatic N) is 1. The zero-order valence-corrected chi connectivity index (χ0v) is 13.5. The van der Waals surface area contributed by atoms with E-state index in [9.17, 15) is 0 Å². The van der Waals surface area contributed by atoms with Crippen LogP contribution in [0.5, 0.6) is 0 Å². The summed E-state index contributed by atoms with van der Waals surface area (Å²) >= 11 is 0. The summed E-state index contributed by atoms with van der Waals surface area (Å²) in [6, 6.07) is 0.244. The Bertz CT molecular complexity index is 554. The molecule has 3 rings (SSSR count). The first-order valence-electron chi connectivity index (χ1n) is 8.15. The van der Waals surface area contributed by atoms with Gasteiger partial charge in [-0.3, -0.25) is 4.90 Å². The maximum absolute atomic E-state index is 5.75. The third-order valence-corrected chi connectivity index (χ3v) is 4.39. The van der Waals surface area contributed by atoms with Crippen molar-refractivity contribution in [1.82, 2.24) is 4.90 Å². The highest BCUT2D eigenvalue weighted by atomic mass is 16.5. The van der Waals surface area contributed by atoms with Gasteiger partial charge in [-0.2, -0.15) is 0 Å². The fourth-order valence-electron chi connectivity index (χ4n) is 3.49. The molecule has 0 aromatic rings. The maximum atomic E-state index is 5.75. The molecule has 0 saturated heterocycles. The van der Waals surface area contributed by atoms with Gasteiger partial charge >= 0.3 is 0 Å². The van der Waals surface area contributed by atoms with Crippen molar-refractivity contribution in [1.29, 1.82) is 0 Å². The van der Waals surface area contributed by atoms with Gasteiger partial charge in [-0.15, -0.1) is 0 Å². The van der Waals surface area contributed by atoms with Crippen LogP contribution < -0.4 is 0 Å². The molecule has 2 aliphatic heterocycles. The van der Waals surface area contributed by atoms with Crippen LogP contribution in [0.15, 0.2) is 60.0 Å². The molecule has 1 aliphatic carbocycles. The maximum Gasteiger partial charge on any atom is 0.156 e. The van der Waals surface area contributed by atoms with Crippen LogP contribution in [-0.4, -0.2) is 24.0 Å². The summed E-state index contributed by atoms with van der Waals surface area (Å²) in [5, 5.41) is 0. The van der Waals surface area contributed by atoms with Gasteiger partial charge in [0.25, 0.3) is 0 Å². The summed E-state index contributed by atoms with van der Waals surface area (Å²) in [5.41, 5.74) is 2.93. The highest BCUT2D eigenvalue weighted by molar-refractivity contribution is 5.22. The van der Waals surface area contributed by atoms with Gasteiger partial charge in [0, 0.05) is 13.1 Å². The smallest absolute Gasteiger partial charge is 0.156 e. The normalized spacial score (nSPS) is 26.5. The number of rotatable bonds is 4. The van der Waals surface area contributed by atoms with Crippen LogP contribution >= 0.6 is 0 Å². The minimum Gasteiger partial charge on any atom is -0.466 e. The van der Waals surface area contributed by atoms with E-state index in [1.165, 1.54) is 11.1 Å². The van der Waals surface area contributed by atoms with Crippen LogP contribution in [0.3, 0.4) is 0 Å². The molecule has 3 heteroatoms. The summed E-state index contributed by atoms with van der Waals surface area (Å²) in [6.45, 7) is 6.56. The van der Waals surface area contributed by atoms with E-state index >= 15 is 0 Å². The molecule has 3 nitrogen and oxygen atoms in total. The lowest BCUT2D eigenvalue weighted by Gasteiger charge is -2.37. The van der Waals surface area contributed by atoms with E-state index in [0.29, 0.717) is 5.92 Å². The Morgan fingerprint density at radius 2 is 2.27 bits per heavy atom. The summed E-state index contributed by atoms with van der Waals surface area (Å²) in [5.74, 6) is 1.50. The van der Waals surface area contributed by atoms with Crippen molar-refractivity contribution < 1.29 is 9.47 Å². The minimum atomic E-state index is 0.244. The largest absolute Gasteiger partial charge is 0.466 e. The van der Waals surface area contributed by atoms with Crippen LogP contribution in [0.4, 0.5) is 0 Å². The molecule has 2 atom stereocenters. The second kappa shape index (κ2) is 7.01. The van der Waals surface area contributed by atoms with E-state index in [1.54, 1.807) is 18.8 Å². The zero-order valence-electron chi connectivity index (χ0n) is 13.5. The van der Waals surface area contributed by atoms with Gasteiger partial charge in [-0.1, -0.05) is 42.4 Å². The Kier molecular flexibility index (Phi) is 4.84. The molecule has 2 unspecified atom stereocenters. The minimum absolute atomic E-state index is 0.244. The van der Waals surface area contributed by atoms with Gasteiger partial charge in [0.2, 0.25) is 0 Å². The van der Waals surface area contributed by atoms with Crippen LogP contribution in [0.2, 0.25) is 0 Å². The highest BCUT2D eigenvalue weighted by Gasteiger charge is 2.29. The fraction of sp³-hybridized carbons (Fsp3) is 0.474. The Morgan fingerprint density at radius 1 is 1.36 bits per heavy atom. The van der Waals surface area contributed by atoms with Crippen molar-refractivity contribution in [3.63, 3.8) is 0 Å². The molecule has 22 heavy (non-hydrogen) atoms.